The first-order chi connectivity index (χ1) is 13.5. The lowest BCUT2D eigenvalue weighted by atomic mass is 10.1. The van der Waals surface area contributed by atoms with Crippen molar-refractivity contribution in [2.24, 2.45) is 0 Å². The predicted molar refractivity (Wildman–Crippen MR) is 110 cm³/mol. The fraction of sp³-hybridized carbons (Fsp3) is 0.652. The summed E-state index contributed by atoms with van der Waals surface area (Å²) in [5, 5.41) is 0. The second-order valence-electron chi connectivity index (χ2n) is 7.29. The first-order valence-corrected chi connectivity index (χ1v) is 10.5. The van der Waals surface area contributed by atoms with Gasteiger partial charge in [0, 0.05) is 12.8 Å². The van der Waals surface area contributed by atoms with E-state index in [1.165, 1.54) is 12.8 Å². The van der Waals surface area contributed by atoms with Crippen molar-refractivity contribution in [3.05, 3.63) is 35.9 Å². The molecular formula is C23H36O5. The Bertz CT molecular complexity index is 543. The number of ether oxygens (including phenoxy) is 3. The van der Waals surface area contributed by atoms with E-state index in [1.54, 1.807) is 6.92 Å². The van der Waals surface area contributed by atoms with Crippen molar-refractivity contribution in [3.63, 3.8) is 0 Å². The molecule has 0 saturated carbocycles. The molecule has 0 aliphatic rings. The maximum atomic E-state index is 11.9. The standard InChI is InChI=1S/C23H36O5/c1-4-5-6-7-11-14-22(24)28-20(3)17-23(25)26-16-15-19(2)27-18-21-12-9-8-10-13-21/h8-10,12-13,19-20H,4-7,11,14-18H2,1-3H3. The van der Waals surface area contributed by atoms with Crippen LogP contribution in [-0.4, -0.2) is 30.8 Å². The van der Waals surface area contributed by atoms with Crippen LogP contribution in [0, 0.1) is 0 Å². The third kappa shape index (κ3) is 12.5. The molecule has 0 bridgehead atoms. The van der Waals surface area contributed by atoms with Gasteiger partial charge in [0.25, 0.3) is 0 Å². The molecule has 5 heteroatoms. The molecular weight excluding hydrogens is 356 g/mol. The number of rotatable bonds is 15. The molecule has 1 aromatic carbocycles. The molecule has 5 nitrogen and oxygen atoms in total. The summed E-state index contributed by atoms with van der Waals surface area (Å²) in [6, 6.07) is 9.96. The minimum atomic E-state index is -0.456. The maximum Gasteiger partial charge on any atom is 0.309 e. The fourth-order valence-electron chi connectivity index (χ4n) is 2.73. The number of benzene rings is 1. The number of hydrogen-bond donors (Lipinski definition) is 0. The van der Waals surface area contributed by atoms with E-state index in [2.05, 4.69) is 6.92 Å². The lowest BCUT2D eigenvalue weighted by Gasteiger charge is -2.15. The van der Waals surface area contributed by atoms with E-state index in [-0.39, 0.29) is 24.5 Å². The Morgan fingerprint density at radius 2 is 1.64 bits per heavy atom. The van der Waals surface area contributed by atoms with Crippen LogP contribution < -0.4 is 0 Å². The molecule has 1 rings (SSSR count). The Balaban J connectivity index is 2.07. The molecule has 0 saturated heterocycles. The van der Waals surface area contributed by atoms with Gasteiger partial charge in [-0.25, -0.2) is 0 Å². The van der Waals surface area contributed by atoms with E-state index >= 15 is 0 Å². The van der Waals surface area contributed by atoms with E-state index in [4.69, 9.17) is 14.2 Å². The summed E-state index contributed by atoms with van der Waals surface area (Å²) in [6.45, 7) is 6.69. The van der Waals surface area contributed by atoms with E-state index in [1.807, 2.05) is 37.3 Å². The van der Waals surface area contributed by atoms with Crippen LogP contribution in [-0.2, 0) is 30.4 Å². The fourth-order valence-corrected chi connectivity index (χ4v) is 2.73. The zero-order chi connectivity index (χ0) is 20.6. The average Bonchev–Trinajstić information content (AvgIpc) is 2.67. The summed E-state index contributed by atoms with van der Waals surface area (Å²) in [6.07, 6.45) is 6.10. The highest BCUT2D eigenvalue weighted by atomic mass is 16.6. The van der Waals surface area contributed by atoms with Gasteiger partial charge in [0.05, 0.1) is 25.7 Å². The van der Waals surface area contributed by atoms with Gasteiger partial charge in [-0.2, -0.15) is 0 Å². The van der Waals surface area contributed by atoms with E-state index in [9.17, 15) is 9.59 Å². The van der Waals surface area contributed by atoms with Crippen molar-refractivity contribution in [2.75, 3.05) is 6.61 Å². The normalized spacial score (nSPS) is 13.0. The van der Waals surface area contributed by atoms with Crippen LogP contribution >= 0.6 is 0 Å². The van der Waals surface area contributed by atoms with Gasteiger partial charge in [0.2, 0.25) is 0 Å². The predicted octanol–water partition coefficient (Wildman–Crippen LogP) is 5.21. The quantitative estimate of drug-likeness (QED) is 0.303. The lowest BCUT2D eigenvalue weighted by molar-refractivity contribution is -0.154. The number of hydrogen-bond acceptors (Lipinski definition) is 5. The Kier molecular flexibility index (Phi) is 13.0. The average molecular weight is 393 g/mol. The van der Waals surface area contributed by atoms with Gasteiger partial charge in [0.1, 0.15) is 6.10 Å². The Hall–Kier alpha value is -1.88. The Labute approximate surface area is 169 Å². The van der Waals surface area contributed by atoms with Gasteiger partial charge in [-0.05, 0) is 25.8 Å². The molecule has 0 fully saturated rings. The first kappa shape index (κ1) is 24.2. The molecule has 0 aromatic heterocycles. The van der Waals surface area contributed by atoms with Crippen LogP contribution in [0.2, 0.25) is 0 Å². The molecule has 0 heterocycles. The smallest absolute Gasteiger partial charge is 0.309 e. The number of carbonyl (C=O) groups is 2. The van der Waals surface area contributed by atoms with Crippen LogP contribution in [0.5, 0.6) is 0 Å². The Morgan fingerprint density at radius 1 is 0.929 bits per heavy atom. The summed E-state index contributed by atoms with van der Waals surface area (Å²) in [5.74, 6) is -0.585. The topological polar surface area (TPSA) is 61.8 Å². The van der Waals surface area contributed by atoms with Gasteiger partial charge in [0.15, 0.2) is 0 Å². The summed E-state index contributed by atoms with van der Waals surface area (Å²) >= 11 is 0. The highest BCUT2D eigenvalue weighted by molar-refractivity contribution is 5.72. The lowest BCUT2D eigenvalue weighted by Crippen LogP contribution is -2.21. The minimum Gasteiger partial charge on any atom is -0.465 e. The molecule has 0 spiro atoms. The van der Waals surface area contributed by atoms with E-state index < -0.39 is 6.10 Å². The summed E-state index contributed by atoms with van der Waals surface area (Å²) < 4.78 is 16.3. The zero-order valence-corrected chi connectivity index (χ0v) is 17.7. The minimum absolute atomic E-state index is 0.00374. The third-order valence-corrected chi connectivity index (χ3v) is 4.44. The molecule has 28 heavy (non-hydrogen) atoms. The largest absolute Gasteiger partial charge is 0.465 e. The summed E-state index contributed by atoms with van der Waals surface area (Å²) in [4.78, 5) is 23.6. The van der Waals surface area contributed by atoms with Crippen molar-refractivity contribution in [1.82, 2.24) is 0 Å². The van der Waals surface area contributed by atoms with Gasteiger partial charge < -0.3 is 14.2 Å². The van der Waals surface area contributed by atoms with Crippen molar-refractivity contribution >= 4 is 11.9 Å². The van der Waals surface area contributed by atoms with Crippen LogP contribution in [0.3, 0.4) is 0 Å². The Morgan fingerprint density at radius 3 is 2.36 bits per heavy atom. The third-order valence-electron chi connectivity index (χ3n) is 4.44. The molecule has 0 N–H and O–H groups in total. The van der Waals surface area contributed by atoms with Crippen LogP contribution in [0.1, 0.15) is 77.7 Å². The highest BCUT2D eigenvalue weighted by Gasteiger charge is 2.15. The van der Waals surface area contributed by atoms with E-state index in [0.29, 0.717) is 26.1 Å². The van der Waals surface area contributed by atoms with Crippen LogP contribution in [0.4, 0.5) is 0 Å². The number of unbranched alkanes of at least 4 members (excludes halogenated alkanes) is 4. The number of esters is 2. The second kappa shape index (κ2) is 15.1. The number of carbonyl (C=O) groups excluding carboxylic acids is 2. The molecule has 0 amide bonds. The van der Waals surface area contributed by atoms with Gasteiger partial charge in [-0.15, -0.1) is 0 Å². The highest BCUT2D eigenvalue weighted by Crippen LogP contribution is 2.09. The molecule has 2 unspecified atom stereocenters. The van der Waals surface area contributed by atoms with Gasteiger partial charge in [-0.1, -0.05) is 62.9 Å². The summed E-state index contributed by atoms with van der Waals surface area (Å²) in [7, 11) is 0. The van der Waals surface area contributed by atoms with Crippen molar-refractivity contribution in [2.45, 2.75) is 91.0 Å². The molecule has 1 aromatic rings. The van der Waals surface area contributed by atoms with Crippen molar-refractivity contribution in [3.8, 4) is 0 Å². The maximum absolute atomic E-state index is 11.9. The van der Waals surface area contributed by atoms with Crippen molar-refractivity contribution in [1.29, 1.82) is 0 Å². The molecule has 0 radical (unpaired) electrons. The monoisotopic (exact) mass is 392 g/mol. The summed E-state index contributed by atoms with van der Waals surface area (Å²) in [5.41, 5.74) is 1.12. The molecule has 0 aliphatic carbocycles. The van der Waals surface area contributed by atoms with Crippen molar-refractivity contribution < 1.29 is 23.8 Å². The van der Waals surface area contributed by atoms with Gasteiger partial charge >= 0.3 is 11.9 Å². The van der Waals surface area contributed by atoms with E-state index in [0.717, 1.165) is 24.8 Å². The van der Waals surface area contributed by atoms with Crippen LogP contribution in [0.15, 0.2) is 30.3 Å². The molecule has 0 aliphatic heterocycles. The molecule has 158 valence electrons. The zero-order valence-electron chi connectivity index (χ0n) is 17.7. The molecule has 2 atom stereocenters. The second-order valence-corrected chi connectivity index (χ2v) is 7.29. The van der Waals surface area contributed by atoms with Gasteiger partial charge in [-0.3, -0.25) is 9.59 Å². The SMILES string of the molecule is CCCCCCCC(=O)OC(C)CC(=O)OCCC(C)OCc1ccccc1. The first-order valence-electron chi connectivity index (χ1n) is 10.5. The van der Waals surface area contributed by atoms with Crippen LogP contribution in [0.25, 0.3) is 0 Å².